The highest BCUT2D eigenvalue weighted by molar-refractivity contribution is 5.41. The van der Waals surface area contributed by atoms with Gasteiger partial charge in [0.05, 0.1) is 16.1 Å². The molecule has 0 spiro atoms. The smallest absolute Gasteiger partial charge is 0.276 e. The number of rotatable bonds is 4. The number of nitro groups is 1. The third-order valence-corrected chi connectivity index (χ3v) is 2.69. The molecule has 0 saturated heterocycles. The van der Waals surface area contributed by atoms with Gasteiger partial charge in [0.15, 0.2) is 0 Å². The van der Waals surface area contributed by atoms with Gasteiger partial charge in [-0.25, -0.2) is 8.78 Å². The van der Waals surface area contributed by atoms with Crippen molar-refractivity contribution >= 4 is 5.69 Å². The Bertz CT molecular complexity index is 741. The van der Waals surface area contributed by atoms with Crippen LogP contribution in [-0.4, -0.2) is 4.92 Å². The van der Waals surface area contributed by atoms with E-state index in [-0.39, 0.29) is 29.2 Å². The van der Waals surface area contributed by atoms with Gasteiger partial charge in [-0.3, -0.25) is 10.1 Å². The second-order valence-corrected chi connectivity index (χ2v) is 4.07. The lowest BCUT2D eigenvalue weighted by molar-refractivity contribution is -0.385. The van der Waals surface area contributed by atoms with Gasteiger partial charge in [-0.05, 0) is 24.3 Å². The van der Waals surface area contributed by atoms with Gasteiger partial charge in [0, 0.05) is 12.1 Å². The molecule has 2 aromatic carbocycles. The quantitative estimate of drug-likeness (QED) is 0.639. The molecule has 0 amide bonds. The lowest BCUT2D eigenvalue weighted by Gasteiger charge is -2.07. The van der Waals surface area contributed by atoms with E-state index in [9.17, 15) is 18.9 Å². The van der Waals surface area contributed by atoms with Crippen molar-refractivity contribution in [2.45, 2.75) is 6.61 Å². The molecule has 5 nitrogen and oxygen atoms in total. The maximum absolute atomic E-state index is 13.4. The molecule has 0 aliphatic rings. The summed E-state index contributed by atoms with van der Waals surface area (Å²) in [5.74, 6) is -1.31. The zero-order valence-corrected chi connectivity index (χ0v) is 10.5. The van der Waals surface area contributed by atoms with Crippen molar-refractivity contribution in [2.24, 2.45) is 0 Å². The van der Waals surface area contributed by atoms with Gasteiger partial charge in [0.2, 0.25) is 0 Å². The van der Waals surface area contributed by atoms with E-state index in [0.29, 0.717) is 0 Å². The first-order chi connectivity index (χ1) is 10.0. The van der Waals surface area contributed by atoms with Gasteiger partial charge < -0.3 is 4.74 Å². The molecule has 0 aliphatic heterocycles. The zero-order chi connectivity index (χ0) is 15.4. The van der Waals surface area contributed by atoms with Crippen LogP contribution in [-0.2, 0) is 6.61 Å². The number of hydrogen-bond donors (Lipinski definition) is 0. The van der Waals surface area contributed by atoms with Crippen molar-refractivity contribution in [2.75, 3.05) is 0 Å². The van der Waals surface area contributed by atoms with Gasteiger partial charge in [-0.15, -0.1) is 0 Å². The molecular weight excluding hydrogens is 282 g/mol. The average Bonchev–Trinajstić information content (AvgIpc) is 2.45. The number of halogens is 2. The van der Waals surface area contributed by atoms with Crippen LogP contribution in [0.25, 0.3) is 0 Å². The molecule has 7 heteroatoms. The molecule has 0 radical (unpaired) electrons. The maximum Gasteiger partial charge on any atom is 0.276 e. The standard InChI is InChI=1S/C14H8F2N2O3/c15-11-2-4-14(18(19)20)10(5-11)8-21-12-3-1-9(7-17)13(16)6-12/h1-6H,8H2. The number of nitrogens with zero attached hydrogens (tertiary/aromatic N) is 2. The van der Waals surface area contributed by atoms with E-state index in [1.54, 1.807) is 6.07 Å². The molecule has 106 valence electrons. The van der Waals surface area contributed by atoms with E-state index < -0.39 is 16.6 Å². The number of nitro benzene ring substituents is 1. The van der Waals surface area contributed by atoms with Crippen LogP contribution in [0, 0.1) is 33.1 Å². The zero-order valence-electron chi connectivity index (χ0n) is 10.5. The Morgan fingerprint density at radius 2 is 2.00 bits per heavy atom. The molecule has 21 heavy (non-hydrogen) atoms. The molecule has 0 aliphatic carbocycles. The molecule has 2 aromatic rings. The summed E-state index contributed by atoms with van der Waals surface area (Å²) in [6.07, 6.45) is 0. The van der Waals surface area contributed by atoms with Crippen molar-refractivity contribution in [1.29, 1.82) is 5.26 Å². The first-order valence-electron chi connectivity index (χ1n) is 5.76. The Morgan fingerprint density at radius 3 is 2.62 bits per heavy atom. The van der Waals surface area contributed by atoms with E-state index >= 15 is 0 Å². The molecular formula is C14H8F2N2O3. The number of hydrogen-bond acceptors (Lipinski definition) is 4. The molecule has 0 unspecified atom stereocenters. The van der Waals surface area contributed by atoms with Crippen LogP contribution in [0.4, 0.5) is 14.5 Å². The van der Waals surface area contributed by atoms with E-state index in [4.69, 9.17) is 10.00 Å². The van der Waals surface area contributed by atoms with Gasteiger partial charge >= 0.3 is 0 Å². The molecule has 0 heterocycles. The van der Waals surface area contributed by atoms with Crippen molar-refractivity contribution in [3.63, 3.8) is 0 Å². The minimum Gasteiger partial charge on any atom is -0.489 e. The predicted octanol–water partition coefficient (Wildman–Crippen LogP) is 3.32. The van der Waals surface area contributed by atoms with Gasteiger partial charge in [0.1, 0.15) is 30.1 Å². The van der Waals surface area contributed by atoms with Crippen molar-refractivity contribution in [3.05, 3.63) is 69.3 Å². The Morgan fingerprint density at radius 1 is 1.24 bits per heavy atom. The highest BCUT2D eigenvalue weighted by Crippen LogP contribution is 2.23. The summed E-state index contributed by atoms with van der Waals surface area (Å²) in [7, 11) is 0. The monoisotopic (exact) mass is 290 g/mol. The van der Waals surface area contributed by atoms with Gasteiger partial charge in [-0.2, -0.15) is 5.26 Å². The summed E-state index contributed by atoms with van der Waals surface area (Å²) in [5, 5.41) is 19.4. The highest BCUT2D eigenvalue weighted by Gasteiger charge is 2.15. The third kappa shape index (κ3) is 3.30. The van der Waals surface area contributed by atoms with Crippen LogP contribution in [0.15, 0.2) is 36.4 Å². The lowest BCUT2D eigenvalue weighted by Crippen LogP contribution is -2.01. The SMILES string of the molecule is N#Cc1ccc(OCc2cc(F)ccc2[N+](=O)[O-])cc1F. The summed E-state index contributed by atoms with van der Waals surface area (Å²) < 4.78 is 31.7. The summed E-state index contributed by atoms with van der Waals surface area (Å²) >= 11 is 0. The van der Waals surface area contributed by atoms with Crippen molar-refractivity contribution in [3.8, 4) is 11.8 Å². The van der Waals surface area contributed by atoms with Crippen LogP contribution in [0.3, 0.4) is 0 Å². The lowest BCUT2D eigenvalue weighted by atomic mass is 10.2. The number of benzene rings is 2. The summed E-state index contributed by atoms with van der Waals surface area (Å²) in [6.45, 7) is -0.292. The minimum absolute atomic E-state index is 0.0322. The highest BCUT2D eigenvalue weighted by atomic mass is 19.1. The first-order valence-corrected chi connectivity index (χ1v) is 5.76. The molecule has 0 bridgehead atoms. The van der Waals surface area contributed by atoms with Gasteiger partial charge in [0.25, 0.3) is 5.69 Å². The fourth-order valence-electron chi connectivity index (χ4n) is 1.69. The Kier molecular flexibility index (Phi) is 4.09. The summed E-state index contributed by atoms with van der Waals surface area (Å²) in [6, 6.07) is 8.22. The van der Waals surface area contributed by atoms with Crippen molar-refractivity contribution in [1.82, 2.24) is 0 Å². The second-order valence-electron chi connectivity index (χ2n) is 4.07. The van der Waals surface area contributed by atoms with Crippen LogP contribution >= 0.6 is 0 Å². The largest absolute Gasteiger partial charge is 0.489 e. The van der Waals surface area contributed by atoms with Crippen LogP contribution in [0.1, 0.15) is 11.1 Å². The van der Waals surface area contributed by atoms with Crippen LogP contribution in [0.5, 0.6) is 5.75 Å². The summed E-state index contributed by atoms with van der Waals surface area (Å²) in [5.41, 5.74) is -0.394. The first kappa shape index (κ1) is 14.4. The fraction of sp³-hybridized carbons (Fsp3) is 0.0714. The average molecular weight is 290 g/mol. The maximum atomic E-state index is 13.4. The Labute approximate surface area is 118 Å². The minimum atomic E-state index is -0.760. The van der Waals surface area contributed by atoms with E-state index in [1.807, 2.05) is 0 Å². The van der Waals surface area contributed by atoms with Gasteiger partial charge in [-0.1, -0.05) is 0 Å². The van der Waals surface area contributed by atoms with E-state index in [1.165, 1.54) is 12.1 Å². The number of ether oxygens (including phenoxy) is 1. The molecule has 2 rings (SSSR count). The Balaban J connectivity index is 2.20. The Hall–Kier alpha value is -3.01. The molecule has 0 aromatic heterocycles. The predicted molar refractivity (Wildman–Crippen MR) is 68.5 cm³/mol. The summed E-state index contributed by atoms with van der Waals surface area (Å²) in [4.78, 5) is 10.2. The van der Waals surface area contributed by atoms with Crippen molar-refractivity contribution < 1.29 is 18.4 Å². The second kappa shape index (κ2) is 5.96. The fourth-order valence-corrected chi connectivity index (χ4v) is 1.69. The van der Waals surface area contributed by atoms with Crippen LogP contribution in [0.2, 0.25) is 0 Å². The normalized spacial score (nSPS) is 9.95. The van der Waals surface area contributed by atoms with Crippen LogP contribution < -0.4 is 4.74 Å². The topological polar surface area (TPSA) is 76.2 Å². The molecule has 0 saturated carbocycles. The molecule has 0 atom stereocenters. The number of nitriles is 1. The third-order valence-electron chi connectivity index (χ3n) is 2.69. The van der Waals surface area contributed by atoms with E-state index in [0.717, 1.165) is 24.3 Å². The molecule has 0 fully saturated rings. The van der Waals surface area contributed by atoms with E-state index in [2.05, 4.69) is 0 Å². The molecule has 0 N–H and O–H groups in total.